The molecule has 0 atom stereocenters. The van der Waals surface area contributed by atoms with Gasteiger partial charge in [-0.15, -0.1) is 0 Å². The van der Waals surface area contributed by atoms with E-state index in [1.165, 1.54) is 44.6 Å². The fourth-order valence-electron chi connectivity index (χ4n) is 4.41. The molecule has 0 fully saturated rings. The summed E-state index contributed by atoms with van der Waals surface area (Å²) in [5, 5.41) is 0. The van der Waals surface area contributed by atoms with E-state index in [9.17, 15) is 0 Å². The molecule has 1 aliphatic rings. The van der Waals surface area contributed by atoms with Crippen LogP contribution in [-0.4, -0.2) is 9.97 Å². The predicted octanol–water partition coefficient (Wildman–Crippen LogP) is 5.58. The third-order valence-corrected chi connectivity index (χ3v) is 5.97. The maximum atomic E-state index is 4.74. The number of hydrogen-bond acceptors (Lipinski definition) is 2. The highest BCUT2D eigenvalue weighted by molar-refractivity contribution is 5.89. The van der Waals surface area contributed by atoms with E-state index in [2.05, 4.69) is 83.5 Å². The van der Waals surface area contributed by atoms with Crippen LogP contribution in [0.4, 0.5) is 0 Å². The molecule has 0 amide bonds. The molecule has 1 aliphatic carbocycles. The zero-order chi connectivity index (χ0) is 21.6. The standard InChI is InChI=1S/C27H32N3/c1-17-10-18(2)19(3)23(11-17)26-24-12-21(13-25(24)29-16-30(26)7)20-8-9-22(28-15-20)14-27(4,5)6/h8-11,13,15-16H,12,14H2,1-7H3/q+1. The number of pyridine rings is 1. The zero-order valence-corrected chi connectivity index (χ0v) is 19.3. The molecule has 0 unspecified atom stereocenters. The van der Waals surface area contributed by atoms with Crippen molar-refractivity contribution in [1.29, 1.82) is 0 Å². The van der Waals surface area contributed by atoms with E-state index in [1.54, 1.807) is 0 Å². The van der Waals surface area contributed by atoms with Crippen molar-refractivity contribution >= 4 is 11.6 Å². The molecular weight excluding hydrogens is 366 g/mol. The number of fused-ring (bicyclic) bond motifs is 1. The molecule has 4 rings (SSSR count). The highest BCUT2D eigenvalue weighted by atomic mass is 15.0. The topological polar surface area (TPSA) is 29.7 Å². The van der Waals surface area contributed by atoms with Gasteiger partial charge >= 0.3 is 0 Å². The molecule has 3 nitrogen and oxygen atoms in total. The molecular formula is C27H32N3+. The minimum absolute atomic E-state index is 0.245. The summed E-state index contributed by atoms with van der Waals surface area (Å²) in [6.45, 7) is 13.3. The van der Waals surface area contributed by atoms with Crippen molar-refractivity contribution in [3.8, 4) is 11.3 Å². The first-order valence-electron chi connectivity index (χ1n) is 10.7. The molecule has 3 aromatic rings. The Morgan fingerprint density at radius 1 is 1.03 bits per heavy atom. The Hall–Kier alpha value is -2.81. The van der Waals surface area contributed by atoms with Crippen molar-refractivity contribution in [1.82, 2.24) is 9.97 Å². The van der Waals surface area contributed by atoms with Crippen LogP contribution in [0.5, 0.6) is 0 Å². The van der Waals surface area contributed by atoms with Crippen LogP contribution in [0.25, 0.3) is 22.9 Å². The Morgan fingerprint density at radius 3 is 2.47 bits per heavy atom. The van der Waals surface area contributed by atoms with E-state index in [4.69, 9.17) is 9.97 Å². The normalized spacial score (nSPS) is 13.4. The fraction of sp³-hybridized carbons (Fsp3) is 0.370. The second kappa shape index (κ2) is 7.46. The average molecular weight is 399 g/mol. The molecule has 2 aromatic heterocycles. The van der Waals surface area contributed by atoms with Crippen molar-refractivity contribution in [3.05, 3.63) is 76.0 Å². The van der Waals surface area contributed by atoms with Crippen LogP contribution >= 0.6 is 0 Å². The lowest BCUT2D eigenvalue weighted by molar-refractivity contribution is -0.663. The van der Waals surface area contributed by atoms with Gasteiger partial charge in [-0.05, 0) is 78.1 Å². The van der Waals surface area contributed by atoms with Crippen molar-refractivity contribution in [2.75, 3.05) is 0 Å². The number of rotatable bonds is 3. The molecule has 30 heavy (non-hydrogen) atoms. The zero-order valence-electron chi connectivity index (χ0n) is 19.3. The smallest absolute Gasteiger partial charge is 0.261 e. The minimum Gasteiger partial charge on any atom is -0.261 e. The SMILES string of the molecule is Cc1cc(C)c(C)c(-c2c3c(nc[n+]2C)C=C(c2ccc(CC(C)(C)C)nc2)C3)c1. The minimum atomic E-state index is 0.245. The van der Waals surface area contributed by atoms with E-state index in [-0.39, 0.29) is 5.41 Å². The lowest BCUT2D eigenvalue weighted by Gasteiger charge is -2.17. The summed E-state index contributed by atoms with van der Waals surface area (Å²) in [5.41, 5.74) is 12.8. The Morgan fingerprint density at radius 2 is 1.80 bits per heavy atom. The molecule has 2 heterocycles. The largest absolute Gasteiger partial charge is 0.287 e. The lowest BCUT2D eigenvalue weighted by Crippen LogP contribution is -2.33. The van der Waals surface area contributed by atoms with Crippen LogP contribution < -0.4 is 4.57 Å². The van der Waals surface area contributed by atoms with Crippen LogP contribution in [0.15, 0.2) is 36.8 Å². The van der Waals surface area contributed by atoms with Crippen LogP contribution in [0.2, 0.25) is 0 Å². The van der Waals surface area contributed by atoms with Gasteiger partial charge in [0.15, 0.2) is 5.69 Å². The molecule has 0 N–H and O–H groups in total. The van der Waals surface area contributed by atoms with Crippen LogP contribution in [0.3, 0.4) is 0 Å². The summed E-state index contributed by atoms with van der Waals surface area (Å²) in [6.07, 6.45) is 8.08. The maximum Gasteiger partial charge on any atom is 0.287 e. The van der Waals surface area contributed by atoms with Gasteiger partial charge in [-0.25, -0.2) is 4.57 Å². The molecule has 3 heteroatoms. The average Bonchev–Trinajstić information content (AvgIpc) is 3.08. The third-order valence-electron chi connectivity index (χ3n) is 5.97. The highest BCUT2D eigenvalue weighted by Gasteiger charge is 2.27. The number of aryl methyl sites for hydroxylation is 3. The number of hydrogen-bond donors (Lipinski definition) is 0. The Bertz CT molecular complexity index is 1150. The first kappa shape index (κ1) is 20.5. The van der Waals surface area contributed by atoms with E-state index >= 15 is 0 Å². The van der Waals surface area contributed by atoms with E-state index < -0.39 is 0 Å². The summed E-state index contributed by atoms with van der Waals surface area (Å²) in [4.78, 5) is 9.47. The summed E-state index contributed by atoms with van der Waals surface area (Å²) < 4.78 is 2.17. The summed E-state index contributed by atoms with van der Waals surface area (Å²) in [7, 11) is 2.10. The molecule has 154 valence electrons. The van der Waals surface area contributed by atoms with Crippen LogP contribution in [0.1, 0.15) is 60.0 Å². The second-order valence-electron chi connectivity index (χ2n) is 9.94. The van der Waals surface area contributed by atoms with Crippen LogP contribution in [0, 0.1) is 26.2 Å². The van der Waals surface area contributed by atoms with Gasteiger partial charge in [0, 0.05) is 23.9 Å². The Balaban J connectivity index is 1.71. The third kappa shape index (κ3) is 3.94. The van der Waals surface area contributed by atoms with Gasteiger partial charge in [0.05, 0.1) is 12.6 Å². The molecule has 0 radical (unpaired) electrons. The first-order chi connectivity index (χ1) is 14.1. The Labute approximate surface area is 180 Å². The van der Waals surface area contributed by atoms with E-state index in [0.717, 1.165) is 24.2 Å². The Kier molecular flexibility index (Phi) is 5.09. The molecule has 0 bridgehead atoms. The fourth-order valence-corrected chi connectivity index (χ4v) is 4.41. The van der Waals surface area contributed by atoms with Gasteiger partial charge in [0.2, 0.25) is 0 Å². The molecule has 0 saturated heterocycles. The highest BCUT2D eigenvalue weighted by Crippen LogP contribution is 2.36. The predicted molar refractivity (Wildman–Crippen MR) is 124 cm³/mol. The van der Waals surface area contributed by atoms with Crippen molar-refractivity contribution < 1.29 is 4.57 Å². The molecule has 0 spiro atoms. The lowest BCUT2D eigenvalue weighted by atomic mass is 9.90. The van der Waals surface area contributed by atoms with Gasteiger partial charge in [-0.2, -0.15) is 0 Å². The number of aromatic nitrogens is 3. The van der Waals surface area contributed by atoms with Gasteiger partial charge < -0.3 is 0 Å². The number of allylic oxidation sites excluding steroid dienone is 1. The van der Waals surface area contributed by atoms with Gasteiger partial charge in [-0.3, -0.25) is 4.98 Å². The quantitative estimate of drug-likeness (QED) is 0.539. The molecule has 1 aromatic carbocycles. The van der Waals surface area contributed by atoms with E-state index in [0.29, 0.717) is 0 Å². The summed E-state index contributed by atoms with van der Waals surface area (Å²) in [6, 6.07) is 8.95. The van der Waals surface area contributed by atoms with E-state index in [1.807, 2.05) is 12.5 Å². The van der Waals surface area contributed by atoms with Gasteiger partial charge in [-0.1, -0.05) is 38.5 Å². The van der Waals surface area contributed by atoms with Crippen molar-refractivity contribution in [2.45, 2.75) is 54.4 Å². The molecule has 0 saturated carbocycles. The number of benzene rings is 1. The first-order valence-corrected chi connectivity index (χ1v) is 10.7. The maximum absolute atomic E-state index is 4.74. The van der Waals surface area contributed by atoms with Gasteiger partial charge in [0.25, 0.3) is 6.33 Å². The molecule has 0 aliphatic heterocycles. The summed E-state index contributed by atoms with van der Waals surface area (Å²) >= 11 is 0. The number of nitrogens with zero attached hydrogens (tertiary/aromatic N) is 3. The van der Waals surface area contributed by atoms with Gasteiger partial charge in [0.1, 0.15) is 5.69 Å². The monoisotopic (exact) mass is 398 g/mol. The van der Waals surface area contributed by atoms with Crippen molar-refractivity contribution in [2.24, 2.45) is 12.5 Å². The summed E-state index contributed by atoms with van der Waals surface area (Å²) in [5.74, 6) is 0. The second-order valence-corrected chi connectivity index (χ2v) is 9.94. The van der Waals surface area contributed by atoms with Crippen molar-refractivity contribution in [3.63, 3.8) is 0 Å². The van der Waals surface area contributed by atoms with Crippen LogP contribution in [-0.2, 0) is 19.9 Å².